The third-order valence-corrected chi connectivity index (χ3v) is 4.83. The Bertz CT molecular complexity index is 1130. The molecule has 0 fully saturated rings. The highest BCUT2D eigenvalue weighted by Crippen LogP contribution is 2.29. The molecule has 0 radical (unpaired) electrons. The van der Waals surface area contributed by atoms with Crippen LogP contribution in [-0.4, -0.2) is 23.0 Å². The molecule has 30 heavy (non-hydrogen) atoms. The molecule has 0 aliphatic carbocycles. The van der Waals surface area contributed by atoms with Gasteiger partial charge < -0.3 is 15.0 Å². The van der Waals surface area contributed by atoms with Crippen molar-refractivity contribution in [2.24, 2.45) is 5.92 Å². The Hall–Kier alpha value is -3.19. The van der Waals surface area contributed by atoms with Gasteiger partial charge in [-0.3, -0.25) is 9.59 Å². The Kier molecular flexibility index (Phi) is 6.52. The van der Waals surface area contributed by atoms with Crippen LogP contribution in [0.15, 0.2) is 47.3 Å². The molecule has 0 spiro atoms. The number of rotatable bonds is 6. The number of carbonyl (C=O) groups is 1. The van der Waals surface area contributed by atoms with Crippen LogP contribution >= 0.6 is 11.6 Å². The van der Waals surface area contributed by atoms with Crippen LogP contribution in [0.5, 0.6) is 5.75 Å². The first-order chi connectivity index (χ1) is 14.3. The molecule has 0 aliphatic heterocycles. The van der Waals surface area contributed by atoms with Gasteiger partial charge >= 0.3 is 0 Å². The van der Waals surface area contributed by atoms with Gasteiger partial charge in [0.1, 0.15) is 17.3 Å². The molecular formula is C22H21ClFN3O3. The molecule has 0 aliphatic rings. The molecule has 1 aromatic heterocycles. The third kappa shape index (κ3) is 4.68. The molecule has 0 bridgehead atoms. The maximum atomic E-state index is 14.5. The summed E-state index contributed by atoms with van der Waals surface area (Å²) in [5.74, 6) is -0.474. The number of halogens is 2. The van der Waals surface area contributed by atoms with E-state index in [0.29, 0.717) is 21.9 Å². The lowest BCUT2D eigenvalue weighted by molar-refractivity contribution is -0.124. The quantitative estimate of drug-likeness (QED) is 0.615. The SMILES string of the molecule is COc1ccc(-c2nc(-c3cc(CNC(=O)C(C)C)ccc3Cl)[nH]c(=O)c2F)cc1. The van der Waals surface area contributed by atoms with Gasteiger partial charge in [-0.25, -0.2) is 4.98 Å². The normalized spacial score (nSPS) is 10.9. The van der Waals surface area contributed by atoms with Gasteiger partial charge in [-0.05, 0) is 42.0 Å². The van der Waals surface area contributed by atoms with Crippen molar-refractivity contribution < 1.29 is 13.9 Å². The lowest BCUT2D eigenvalue weighted by Crippen LogP contribution is -2.27. The summed E-state index contributed by atoms with van der Waals surface area (Å²) < 4.78 is 19.6. The molecule has 6 nitrogen and oxygen atoms in total. The van der Waals surface area contributed by atoms with Gasteiger partial charge in [0, 0.05) is 23.6 Å². The number of ether oxygens (including phenoxy) is 1. The van der Waals surface area contributed by atoms with Crippen molar-refractivity contribution in [3.8, 4) is 28.4 Å². The number of nitrogens with one attached hydrogen (secondary N) is 2. The zero-order valence-electron chi connectivity index (χ0n) is 16.8. The predicted octanol–water partition coefficient (Wildman–Crippen LogP) is 4.18. The molecule has 0 atom stereocenters. The Morgan fingerprint density at radius 3 is 2.57 bits per heavy atom. The van der Waals surface area contributed by atoms with Gasteiger partial charge in [-0.2, -0.15) is 4.39 Å². The monoisotopic (exact) mass is 429 g/mol. The van der Waals surface area contributed by atoms with E-state index in [2.05, 4.69) is 15.3 Å². The summed E-state index contributed by atoms with van der Waals surface area (Å²) in [5, 5.41) is 3.16. The van der Waals surface area contributed by atoms with Gasteiger partial charge in [0.05, 0.1) is 12.1 Å². The minimum absolute atomic E-state index is 0.0818. The first kappa shape index (κ1) is 21.5. The number of hydrogen-bond acceptors (Lipinski definition) is 4. The molecule has 3 rings (SSSR count). The second-order valence-corrected chi connectivity index (χ2v) is 7.40. The fourth-order valence-corrected chi connectivity index (χ4v) is 2.99. The molecule has 2 N–H and O–H groups in total. The maximum Gasteiger partial charge on any atom is 0.287 e. The highest BCUT2D eigenvalue weighted by Gasteiger charge is 2.16. The zero-order valence-corrected chi connectivity index (χ0v) is 17.5. The standard InChI is InChI=1S/C22H21ClFN3O3/c1-12(2)21(28)25-11-13-4-9-17(23)16(10-13)20-26-19(18(24)22(29)27-20)14-5-7-15(30-3)8-6-14/h4-10,12H,11H2,1-3H3,(H,25,28)(H,26,27,29). The van der Waals surface area contributed by atoms with Crippen LogP contribution in [0.4, 0.5) is 4.39 Å². The molecule has 156 valence electrons. The molecule has 0 saturated carbocycles. The first-order valence-electron chi connectivity index (χ1n) is 9.31. The number of methoxy groups -OCH3 is 1. The van der Waals surface area contributed by atoms with Crippen molar-refractivity contribution in [3.63, 3.8) is 0 Å². The number of nitrogens with zero attached hydrogens (tertiary/aromatic N) is 1. The minimum atomic E-state index is -0.986. The highest BCUT2D eigenvalue weighted by molar-refractivity contribution is 6.33. The fraction of sp³-hybridized carbons (Fsp3) is 0.227. The summed E-state index contributed by atoms with van der Waals surface area (Å²) >= 11 is 6.31. The van der Waals surface area contributed by atoms with E-state index >= 15 is 0 Å². The Morgan fingerprint density at radius 2 is 1.93 bits per heavy atom. The lowest BCUT2D eigenvalue weighted by Gasteiger charge is -2.11. The Labute approximate surface area is 178 Å². The number of aromatic nitrogens is 2. The van der Waals surface area contributed by atoms with E-state index in [1.54, 1.807) is 56.3 Å². The van der Waals surface area contributed by atoms with Crippen molar-refractivity contribution >= 4 is 17.5 Å². The van der Waals surface area contributed by atoms with E-state index in [1.807, 2.05) is 0 Å². The van der Waals surface area contributed by atoms with Crippen LogP contribution in [0, 0.1) is 11.7 Å². The van der Waals surface area contributed by atoms with E-state index in [9.17, 15) is 14.0 Å². The molecular weight excluding hydrogens is 409 g/mol. The van der Waals surface area contributed by atoms with E-state index in [-0.39, 0.29) is 29.9 Å². The topological polar surface area (TPSA) is 84.1 Å². The predicted molar refractivity (Wildman–Crippen MR) is 114 cm³/mol. The van der Waals surface area contributed by atoms with Crippen molar-refractivity contribution in [2.75, 3.05) is 7.11 Å². The van der Waals surface area contributed by atoms with E-state index in [0.717, 1.165) is 5.56 Å². The van der Waals surface area contributed by atoms with Gasteiger partial charge in [-0.1, -0.05) is 31.5 Å². The van der Waals surface area contributed by atoms with Crippen molar-refractivity contribution in [1.29, 1.82) is 0 Å². The highest BCUT2D eigenvalue weighted by atomic mass is 35.5. The van der Waals surface area contributed by atoms with Crippen molar-refractivity contribution in [3.05, 3.63) is 69.2 Å². The average Bonchev–Trinajstić information content (AvgIpc) is 2.74. The van der Waals surface area contributed by atoms with Crippen LogP contribution in [0.3, 0.4) is 0 Å². The number of benzene rings is 2. The second-order valence-electron chi connectivity index (χ2n) is 6.99. The van der Waals surface area contributed by atoms with Gasteiger partial charge in [0.2, 0.25) is 11.7 Å². The van der Waals surface area contributed by atoms with E-state index < -0.39 is 11.4 Å². The Morgan fingerprint density at radius 1 is 1.23 bits per heavy atom. The van der Waals surface area contributed by atoms with Crippen LogP contribution in [0.1, 0.15) is 19.4 Å². The van der Waals surface area contributed by atoms with Crippen molar-refractivity contribution in [1.82, 2.24) is 15.3 Å². The molecule has 1 heterocycles. The zero-order chi connectivity index (χ0) is 21.8. The molecule has 1 amide bonds. The smallest absolute Gasteiger partial charge is 0.287 e. The first-order valence-corrected chi connectivity index (χ1v) is 9.68. The average molecular weight is 430 g/mol. The number of carbonyl (C=O) groups excluding carboxylic acids is 1. The van der Waals surface area contributed by atoms with Crippen LogP contribution in [-0.2, 0) is 11.3 Å². The second kappa shape index (κ2) is 9.09. The summed E-state index contributed by atoms with van der Waals surface area (Å²) in [7, 11) is 1.53. The number of hydrogen-bond donors (Lipinski definition) is 2. The van der Waals surface area contributed by atoms with Crippen LogP contribution in [0.2, 0.25) is 5.02 Å². The summed E-state index contributed by atoms with van der Waals surface area (Å²) in [6.07, 6.45) is 0. The van der Waals surface area contributed by atoms with Crippen LogP contribution in [0.25, 0.3) is 22.6 Å². The molecule has 3 aromatic rings. The van der Waals surface area contributed by atoms with Gasteiger partial charge in [0.25, 0.3) is 5.56 Å². The lowest BCUT2D eigenvalue weighted by atomic mass is 10.1. The largest absolute Gasteiger partial charge is 0.497 e. The minimum Gasteiger partial charge on any atom is -0.497 e. The summed E-state index contributed by atoms with van der Waals surface area (Å²) in [6, 6.07) is 11.7. The van der Waals surface area contributed by atoms with E-state index in [1.165, 1.54) is 7.11 Å². The summed E-state index contributed by atoms with van der Waals surface area (Å²) in [5.41, 5.74) is 0.629. The van der Waals surface area contributed by atoms with Gasteiger partial charge in [-0.15, -0.1) is 0 Å². The molecule has 8 heteroatoms. The van der Waals surface area contributed by atoms with Crippen LogP contribution < -0.4 is 15.6 Å². The third-order valence-electron chi connectivity index (χ3n) is 4.50. The molecule has 0 saturated heterocycles. The van der Waals surface area contributed by atoms with Gasteiger partial charge in [0.15, 0.2) is 0 Å². The Balaban J connectivity index is 2.01. The van der Waals surface area contributed by atoms with E-state index in [4.69, 9.17) is 16.3 Å². The number of H-pyrrole nitrogens is 1. The molecule has 0 unspecified atom stereocenters. The number of aromatic amines is 1. The maximum absolute atomic E-state index is 14.5. The summed E-state index contributed by atoms with van der Waals surface area (Å²) in [6.45, 7) is 3.89. The summed E-state index contributed by atoms with van der Waals surface area (Å²) in [4.78, 5) is 30.8. The fourth-order valence-electron chi connectivity index (χ4n) is 2.78. The number of amides is 1. The van der Waals surface area contributed by atoms with Crippen molar-refractivity contribution in [2.45, 2.75) is 20.4 Å². The molecule has 2 aromatic carbocycles.